The van der Waals surface area contributed by atoms with Crippen molar-refractivity contribution >= 4 is 34.5 Å². The molecule has 1 amide bonds. The number of rotatable bonds is 14. The van der Waals surface area contributed by atoms with Gasteiger partial charge < -0.3 is 20.1 Å². The highest BCUT2D eigenvalue weighted by Crippen LogP contribution is 2.48. The van der Waals surface area contributed by atoms with Crippen LogP contribution in [-0.2, 0) is 32.1 Å². The number of thioether (sulfide) groups is 1. The highest BCUT2D eigenvalue weighted by atomic mass is 32.2. The summed E-state index contributed by atoms with van der Waals surface area (Å²) in [6, 6.07) is 45.4. The molecule has 0 spiro atoms. The summed E-state index contributed by atoms with van der Waals surface area (Å²) < 4.78 is 5.71. The Morgan fingerprint density at radius 1 is 0.771 bits per heavy atom. The summed E-state index contributed by atoms with van der Waals surface area (Å²) in [5.41, 5.74) is 6.98. The quantitative estimate of drug-likeness (QED) is 0.104. The standard InChI is InChI=1S/C41H38N2O4S/c1-29-21-23-30(24-22-29)27-47-38(39(44)43-37(40(45)46)25-31-26-42-36-20-12-11-19-35(31)36)28-48-41(32-13-5-2-6-14-32,33-15-7-3-8-16-33)34-17-9-4-10-18-34/h2-24,26,37-38,42H,25,27-28H2,1H3,(H,43,44)(H,45,46)/t37-,38-/m0/s1. The molecule has 7 heteroatoms. The molecule has 0 unspecified atom stereocenters. The van der Waals surface area contributed by atoms with Gasteiger partial charge in [0.05, 0.1) is 11.4 Å². The van der Waals surface area contributed by atoms with Crippen molar-refractivity contribution in [2.75, 3.05) is 5.75 Å². The molecule has 5 aromatic carbocycles. The van der Waals surface area contributed by atoms with Gasteiger partial charge in [-0.05, 0) is 40.8 Å². The van der Waals surface area contributed by atoms with Crippen LogP contribution in [0.25, 0.3) is 10.9 Å². The van der Waals surface area contributed by atoms with E-state index in [4.69, 9.17) is 4.74 Å². The zero-order chi connectivity index (χ0) is 33.3. The van der Waals surface area contributed by atoms with Gasteiger partial charge in [0.15, 0.2) is 0 Å². The van der Waals surface area contributed by atoms with E-state index >= 15 is 0 Å². The topological polar surface area (TPSA) is 91.4 Å². The number of carbonyl (C=O) groups excluding carboxylic acids is 1. The molecule has 0 aliphatic carbocycles. The van der Waals surface area contributed by atoms with E-state index in [1.165, 1.54) is 0 Å². The van der Waals surface area contributed by atoms with Gasteiger partial charge in [-0.1, -0.05) is 139 Å². The number of carbonyl (C=O) groups is 2. The van der Waals surface area contributed by atoms with Gasteiger partial charge in [0.2, 0.25) is 0 Å². The van der Waals surface area contributed by atoms with Crippen molar-refractivity contribution in [2.24, 2.45) is 0 Å². The molecule has 2 atom stereocenters. The van der Waals surface area contributed by atoms with Crippen LogP contribution in [0.15, 0.2) is 146 Å². The lowest BCUT2D eigenvalue weighted by molar-refractivity contribution is -0.144. The van der Waals surface area contributed by atoms with Crippen LogP contribution in [0.5, 0.6) is 0 Å². The van der Waals surface area contributed by atoms with Gasteiger partial charge >= 0.3 is 5.97 Å². The van der Waals surface area contributed by atoms with Gasteiger partial charge in [-0.15, -0.1) is 11.8 Å². The van der Waals surface area contributed by atoms with Crippen molar-refractivity contribution in [3.8, 4) is 0 Å². The number of aromatic amines is 1. The summed E-state index contributed by atoms with van der Waals surface area (Å²) in [4.78, 5) is 29.9. The lowest BCUT2D eigenvalue weighted by Gasteiger charge is -2.36. The minimum atomic E-state index is -1.14. The highest BCUT2D eigenvalue weighted by Gasteiger charge is 2.39. The zero-order valence-corrected chi connectivity index (χ0v) is 27.5. The van der Waals surface area contributed by atoms with E-state index in [0.29, 0.717) is 0 Å². The summed E-state index contributed by atoms with van der Waals surface area (Å²) in [6.07, 6.45) is 0.990. The lowest BCUT2D eigenvalue weighted by Crippen LogP contribution is -2.48. The summed E-state index contributed by atoms with van der Waals surface area (Å²) in [5, 5.41) is 14.0. The lowest BCUT2D eigenvalue weighted by atomic mass is 9.84. The maximum atomic E-state index is 14.1. The molecule has 0 aliphatic rings. The number of para-hydroxylation sites is 1. The minimum absolute atomic E-state index is 0.130. The van der Waals surface area contributed by atoms with Gasteiger partial charge in [-0.2, -0.15) is 0 Å². The number of carboxylic acid groups (broad SMARTS) is 1. The van der Waals surface area contributed by atoms with Crippen LogP contribution in [0.2, 0.25) is 0 Å². The number of amides is 1. The molecular weight excluding hydrogens is 617 g/mol. The number of aliphatic carboxylic acids is 1. The van der Waals surface area contributed by atoms with Crippen LogP contribution in [0, 0.1) is 6.92 Å². The third kappa shape index (κ3) is 7.38. The van der Waals surface area contributed by atoms with Crippen LogP contribution in [0.4, 0.5) is 0 Å². The van der Waals surface area contributed by atoms with Crippen molar-refractivity contribution in [2.45, 2.75) is 36.8 Å². The molecule has 0 fully saturated rings. The Labute approximate surface area is 285 Å². The van der Waals surface area contributed by atoms with E-state index in [1.54, 1.807) is 11.8 Å². The second-order valence-corrected chi connectivity index (χ2v) is 13.1. The van der Waals surface area contributed by atoms with E-state index in [2.05, 4.69) is 46.7 Å². The third-order valence-electron chi connectivity index (χ3n) is 8.57. The minimum Gasteiger partial charge on any atom is -0.480 e. The second-order valence-electron chi connectivity index (χ2n) is 11.8. The molecule has 6 aromatic rings. The number of fused-ring (bicyclic) bond motifs is 1. The number of nitrogens with one attached hydrogen (secondary N) is 2. The number of H-pyrrole nitrogens is 1. The number of aromatic nitrogens is 1. The molecule has 0 radical (unpaired) electrons. The van der Waals surface area contributed by atoms with Crippen LogP contribution in [-0.4, -0.2) is 39.9 Å². The number of ether oxygens (including phenoxy) is 1. The van der Waals surface area contributed by atoms with Crippen molar-refractivity contribution in [3.05, 3.63) is 179 Å². The first-order valence-corrected chi connectivity index (χ1v) is 17.0. The van der Waals surface area contributed by atoms with E-state index in [0.717, 1.165) is 44.3 Å². The van der Waals surface area contributed by atoms with Gasteiger partial charge in [0, 0.05) is 29.3 Å². The van der Waals surface area contributed by atoms with Gasteiger partial charge in [-0.25, -0.2) is 4.79 Å². The number of aryl methyl sites for hydroxylation is 1. The Bertz CT molecular complexity index is 1850. The molecule has 3 N–H and O–H groups in total. The maximum Gasteiger partial charge on any atom is 0.326 e. The SMILES string of the molecule is Cc1ccc(CO[C@@H](CSC(c2ccccc2)(c2ccccc2)c2ccccc2)C(=O)N[C@@H](Cc2c[nH]c3ccccc23)C(=O)O)cc1. The first-order valence-electron chi connectivity index (χ1n) is 16.0. The van der Waals surface area contributed by atoms with E-state index < -0.39 is 28.8 Å². The predicted octanol–water partition coefficient (Wildman–Crippen LogP) is 7.90. The number of hydrogen-bond donors (Lipinski definition) is 3. The largest absolute Gasteiger partial charge is 0.480 e. The molecule has 0 aliphatic heterocycles. The van der Waals surface area contributed by atoms with Crippen molar-refractivity contribution in [1.82, 2.24) is 10.3 Å². The molecule has 0 saturated heterocycles. The molecule has 1 heterocycles. The fourth-order valence-electron chi connectivity index (χ4n) is 6.04. The van der Waals surface area contributed by atoms with Gasteiger partial charge in [0.25, 0.3) is 5.91 Å². The zero-order valence-electron chi connectivity index (χ0n) is 26.7. The van der Waals surface area contributed by atoms with Crippen molar-refractivity contribution in [1.29, 1.82) is 0 Å². The van der Waals surface area contributed by atoms with Gasteiger partial charge in [-0.3, -0.25) is 4.79 Å². The fourth-order valence-corrected chi connectivity index (χ4v) is 7.59. The summed E-state index contributed by atoms with van der Waals surface area (Å²) in [6.45, 7) is 2.22. The first-order chi connectivity index (χ1) is 23.4. The Balaban J connectivity index is 1.33. The molecule has 6 nitrogen and oxygen atoms in total. The van der Waals surface area contributed by atoms with Gasteiger partial charge in [0.1, 0.15) is 12.1 Å². The molecule has 6 rings (SSSR count). The predicted molar refractivity (Wildman–Crippen MR) is 193 cm³/mol. The van der Waals surface area contributed by atoms with Crippen LogP contribution < -0.4 is 5.32 Å². The van der Waals surface area contributed by atoms with Crippen LogP contribution >= 0.6 is 11.8 Å². The molecule has 0 bridgehead atoms. The Morgan fingerprint density at radius 3 is 1.88 bits per heavy atom. The van der Waals surface area contributed by atoms with Crippen LogP contribution in [0.1, 0.15) is 33.4 Å². The third-order valence-corrected chi connectivity index (χ3v) is 10.2. The van der Waals surface area contributed by atoms with Crippen LogP contribution in [0.3, 0.4) is 0 Å². The van der Waals surface area contributed by atoms with E-state index in [1.807, 2.05) is 116 Å². The first kappa shape index (κ1) is 32.8. The second kappa shape index (κ2) is 15.2. The summed E-state index contributed by atoms with van der Waals surface area (Å²) >= 11 is 1.61. The molecule has 242 valence electrons. The fraction of sp³-hybridized carbons (Fsp3) is 0.171. The summed E-state index contributed by atoms with van der Waals surface area (Å²) in [7, 11) is 0. The molecular formula is C41H38N2O4S. The maximum absolute atomic E-state index is 14.1. The Kier molecular flexibility index (Phi) is 10.4. The highest BCUT2D eigenvalue weighted by molar-refractivity contribution is 8.00. The normalized spacial score (nSPS) is 12.8. The van der Waals surface area contributed by atoms with Crippen molar-refractivity contribution in [3.63, 3.8) is 0 Å². The van der Waals surface area contributed by atoms with E-state index in [-0.39, 0.29) is 18.8 Å². The molecule has 1 aromatic heterocycles. The number of benzene rings is 5. The number of carboxylic acids is 1. The Hall–Kier alpha value is -5.11. The Morgan fingerprint density at radius 2 is 1.31 bits per heavy atom. The smallest absolute Gasteiger partial charge is 0.326 e. The van der Waals surface area contributed by atoms with E-state index in [9.17, 15) is 14.7 Å². The number of hydrogen-bond acceptors (Lipinski definition) is 4. The average molecular weight is 655 g/mol. The molecule has 48 heavy (non-hydrogen) atoms. The van der Waals surface area contributed by atoms with Crippen molar-refractivity contribution < 1.29 is 19.4 Å². The monoisotopic (exact) mass is 654 g/mol. The summed E-state index contributed by atoms with van der Waals surface area (Å²) in [5.74, 6) is -1.31. The average Bonchev–Trinajstić information content (AvgIpc) is 3.54. The molecule has 0 saturated carbocycles.